The summed E-state index contributed by atoms with van der Waals surface area (Å²) in [7, 11) is 0. The average molecular weight is 193 g/mol. The summed E-state index contributed by atoms with van der Waals surface area (Å²) in [4.78, 5) is 2.21. The first kappa shape index (κ1) is 9.49. The lowest BCUT2D eigenvalue weighted by Crippen LogP contribution is -2.51. The van der Waals surface area contributed by atoms with Gasteiger partial charge in [0.15, 0.2) is 0 Å². The predicted molar refractivity (Wildman–Crippen MR) is 54.1 cm³/mol. The highest BCUT2D eigenvalue weighted by molar-refractivity contribution is 5.28. The van der Waals surface area contributed by atoms with Gasteiger partial charge in [0.1, 0.15) is 5.75 Å². The van der Waals surface area contributed by atoms with E-state index in [0.717, 1.165) is 13.1 Å². The predicted octanol–water partition coefficient (Wildman–Crippen LogP) is 1.13. The SMILES string of the molecule is CC(c1ccc(O)cc1)N1CC(O)C1. The molecule has 1 fully saturated rings. The number of nitrogens with zero attached hydrogens (tertiary/aromatic N) is 1. The number of hydrogen-bond acceptors (Lipinski definition) is 3. The summed E-state index contributed by atoms with van der Waals surface area (Å²) in [6, 6.07) is 7.55. The molecule has 0 saturated carbocycles. The van der Waals surface area contributed by atoms with Crippen LogP contribution in [0.4, 0.5) is 0 Å². The summed E-state index contributed by atoms with van der Waals surface area (Å²) in [6.07, 6.45) is -0.158. The van der Waals surface area contributed by atoms with E-state index in [4.69, 9.17) is 5.11 Å². The van der Waals surface area contributed by atoms with E-state index in [1.165, 1.54) is 5.56 Å². The molecule has 1 aromatic rings. The van der Waals surface area contributed by atoms with Gasteiger partial charge in [-0.2, -0.15) is 0 Å². The molecular formula is C11H15NO2. The molecule has 0 spiro atoms. The van der Waals surface area contributed by atoms with E-state index >= 15 is 0 Å². The molecule has 1 heterocycles. The van der Waals surface area contributed by atoms with E-state index < -0.39 is 0 Å². The number of phenols is 1. The maximum Gasteiger partial charge on any atom is 0.115 e. The fraction of sp³-hybridized carbons (Fsp3) is 0.455. The minimum absolute atomic E-state index is 0.158. The Labute approximate surface area is 83.6 Å². The molecule has 0 aromatic heterocycles. The molecule has 2 N–H and O–H groups in total. The number of benzene rings is 1. The van der Waals surface area contributed by atoms with Gasteiger partial charge >= 0.3 is 0 Å². The first-order valence-electron chi connectivity index (χ1n) is 4.88. The van der Waals surface area contributed by atoms with Crippen molar-refractivity contribution in [3.8, 4) is 5.75 Å². The van der Waals surface area contributed by atoms with E-state index in [1.807, 2.05) is 12.1 Å². The molecular weight excluding hydrogens is 178 g/mol. The standard InChI is InChI=1S/C11H15NO2/c1-8(12-6-11(14)7-12)9-2-4-10(13)5-3-9/h2-5,8,11,13-14H,6-7H2,1H3. The van der Waals surface area contributed by atoms with Crippen molar-refractivity contribution >= 4 is 0 Å². The number of β-amino-alcohol motifs (C(OH)–C–C–N with tert-alkyl or cyclic N) is 1. The highest BCUT2D eigenvalue weighted by Gasteiger charge is 2.28. The molecule has 0 amide bonds. The molecule has 76 valence electrons. The van der Waals surface area contributed by atoms with E-state index in [-0.39, 0.29) is 6.10 Å². The van der Waals surface area contributed by atoms with Gasteiger partial charge in [-0.25, -0.2) is 0 Å². The third-order valence-corrected chi connectivity index (χ3v) is 2.81. The summed E-state index contributed by atoms with van der Waals surface area (Å²) in [5.74, 6) is 0.296. The quantitative estimate of drug-likeness (QED) is 0.740. The zero-order valence-corrected chi connectivity index (χ0v) is 8.22. The number of rotatable bonds is 2. The van der Waals surface area contributed by atoms with Gasteiger partial charge in [-0.15, -0.1) is 0 Å². The van der Waals surface area contributed by atoms with Gasteiger partial charge in [-0.05, 0) is 24.6 Å². The van der Waals surface area contributed by atoms with Crippen LogP contribution in [0.2, 0.25) is 0 Å². The van der Waals surface area contributed by atoms with Crippen LogP contribution in [0.5, 0.6) is 5.75 Å². The molecule has 1 aromatic carbocycles. The topological polar surface area (TPSA) is 43.7 Å². The Morgan fingerprint density at radius 2 is 1.86 bits per heavy atom. The molecule has 1 aliphatic heterocycles. The van der Waals surface area contributed by atoms with Gasteiger partial charge in [0, 0.05) is 19.1 Å². The molecule has 1 aliphatic rings. The molecule has 1 unspecified atom stereocenters. The summed E-state index contributed by atoms with van der Waals surface area (Å²) in [6.45, 7) is 3.61. The van der Waals surface area contributed by atoms with Crippen molar-refractivity contribution in [3.63, 3.8) is 0 Å². The van der Waals surface area contributed by atoms with E-state index in [0.29, 0.717) is 11.8 Å². The van der Waals surface area contributed by atoms with Crippen molar-refractivity contribution < 1.29 is 10.2 Å². The Morgan fingerprint density at radius 1 is 1.29 bits per heavy atom. The first-order chi connectivity index (χ1) is 6.66. The molecule has 3 nitrogen and oxygen atoms in total. The van der Waals surface area contributed by atoms with Crippen LogP contribution in [-0.2, 0) is 0 Å². The van der Waals surface area contributed by atoms with Gasteiger partial charge < -0.3 is 10.2 Å². The fourth-order valence-corrected chi connectivity index (χ4v) is 1.77. The Morgan fingerprint density at radius 3 is 2.36 bits per heavy atom. The number of aliphatic hydroxyl groups is 1. The van der Waals surface area contributed by atoms with Crippen molar-refractivity contribution in [2.24, 2.45) is 0 Å². The van der Waals surface area contributed by atoms with Gasteiger partial charge in [-0.3, -0.25) is 4.90 Å². The molecule has 0 radical (unpaired) electrons. The summed E-state index contributed by atoms with van der Waals surface area (Å²) >= 11 is 0. The molecule has 14 heavy (non-hydrogen) atoms. The third kappa shape index (κ3) is 1.74. The highest BCUT2D eigenvalue weighted by atomic mass is 16.3. The molecule has 0 aliphatic carbocycles. The van der Waals surface area contributed by atoms with Crippen molar-refractivity contribution in [2.45, 2.75) is 19.1 Å². The van der Waals surface area contributed by atoms with Crippen molar-refractivity contribution in [2.75, 3.05) is 13.1 Å². The fourth-order valence-electron chi connectivity index (χ4n) is 1.77. The lowest BCUT2D eigenvalue weighted by atomic mass is 10.0. The monoisotopic (exact) mass is 193 g/mol. The smallest absolute Gasteiger partial charge is 0.115 e. The lowest BCUT2D eigenvalue weighted by Gasteiger charge is -2.40. The van der Waals surface area contributed by atoms with E-state index in [9.17, 15) is 5.11 Å². The van der Waals surface area contributed by atoms with Crippen LogP contribution in [0, 0.1) is 0 Å². The van der Waals surface area contributed by atoms with E-state index in [1.54, 1.807) is 12.1 Å². The van der Waals surface area contributed by atoms with Gasteiger partial charge in [0.2, 0.25) is 0 Å². The Bertz CT molecular complexity index is 304. The number of phenolic OH excluding ortho intramolecular Hbond substituents is 1. The minimum atomic E-state index is -0.158. The zero-order valence-electron chi connectivity index (χ0n) is 8.22. The number of likely N-dealkylation sites (tertiary alicyclic amines) is 1. The second-order valence-electron chi connectivity index (χ2n) is 3.88. The highest BCUT2D eigenvalue weighted by Crippen LogP contribution is 2.26. The Hall–Kier alpha value is -1.06. The van der Waals surface area contributed by atoms with Crippen molar-refractivity contribution in [1.29, 1.82) is 0 Å². The second-order valence-corrected chi connectivity index (χ2v) is 3.88. The zero-order chi connectivity index (χ0) is 10.1. The van der Waals surface area contributed by atoms with Gasteiger partial charge in [0.05, 0.1) is 6.10 Å². The van der Waals surface area contributed by atoms with Crippen LogP contribution in [0.25, 0.3) is 0 Å². The first-order valence-corrected chi connectivity index (χ1v) is 4.88. The Kier molecular flexibility index (Phi) is 2.44. The number of hydrogen-bond donors (Lipinski definition) is 2. The number of aliphatic hydroxyl groups excluding tert-OH is 1. The summed E-state index contributed by atoms with van der Waals surface area (Å²) in [5.41, 5.74) is 1.18. The van der Waals surface area contributed by atoms with Crippen LogP contribution in [0.1, 0.15) is 18.5 Å². The second kappa shape index (κ2) is 3.59. The molecule has 1 atom stereocenters. The van der Waals surface area contributed by atoms with Crippen LogP contribution >= 0.6 is 0 Å². The van der Waals surface area contributed by atoms with Crippen LogP contribution in [-0.4, -0.2) is 34.3 Å². The van der Waals surface area contributed by atoms with Gasteiger partial charge in [-0.1, -0.05) is 12.1 Å². The maximum atomic E-state index is 9.18. The van der Waals surface area contributed by atoms with Crippen molar-refractivity contribution in [3.05, 3.63) is 29.8 Å². The average Bonchev–Trinajstić information content (AvgIpc) is 2.13. The van der Waals surface area contributed by atoms with Crippen LogP contribution in [0.3, 0.4) is 0 Å². The minimum Gasteiger partial charge on any atom is -0.508 e. The third-order valence-electron chi connectivity index (χ3n) is 2.81. The molecule has 0 bridgehead atoms. The normalized spacial score (nSPS) is 20.4. The van der Waals surface area contributed by atoms with Gasteiger partial charge in [0.25, 0.3) is 0 Å². The maximum absolute atomic E-state index is 9.18. The lowest BCUT2D eigenvalue weighted by molar-refractivity contribution is -0.0211. The number of aromatic hydroxyl groups is 1. The van der Waals surface area contributed by atoms with E-state index in [2.05, 4.69) is 11.8 Å². The summed E-state index contributed by atoms with van der Waals surface area (Å²) in [5, 5.41) is 18.3. The molecule has 3 heteroatoms. The largest absolute Gasteiger partial charge is 0.508 e. The van der Waals surface area contributed by atoms with Crippen molar-refractivity contribution in [1.82, 2.24) is 4.90 Å². The summed E-state index contributed by atoms with van der Waals surface area (Å²) < 4.78 is 0. The van der Waals surface area contributed by atoms with Crippen LogP contribution < -0.4 is 0 Å². The Balaban J connectivity index is 2.04. The molecule has 2 rings (SSSR count). The molecule has 1 saturated heterocycles. The van der Waals surface area contributed by atoms with Crippen LogP contribution in [0.15, 0.2) is 24.3 Å².